The number of carboxylic acid groups (broad SMARTS) is 1. The molecule has 0 radical (unpaired) electrons. The zero-order chi connectivity index (χ0) is 19.2. The van der Waals surface area contributed by atoms with Crippen molar-refractivity contribution in [3.05, 3.63) is 71.3 Å². The molecule has 6 heteroatoms. The van der Waals surface area contributed by atoms with Gasteiger partial charge in [-0.05, 0) is 29.7 Å². The van der Waals surface area contributed by atoms with E-state index in [0.717, 1.165) is 24.1 Å². The quantitative estimate of drug-likeness (QED) is 0.789. The highest BCUT2D eigenvalue weighted by molar-refractivity contribution is 5.94. The summed E-state index contributed by atoms with van der Waals surface area (Å²) in [4.78, 5) is 37.2. The zero-order valence-corrected chi connectivity index (χ0v) is 14.9. The number of carbonyl (C=O) groups excluding carboxylic acids is 2. The molecule has 0 bridgehead atoms. The Morgan fingerprint density at radius 1 is 1.07 bits per heavy atom. The number of aliphatic carboxylic acids is 1. The molecule has 6 nitrogen and oxygen atoms in total. The Kier molecular flexibility index (Phi) is 5.86. The third kappa shape index (κ3) is 4.94. The van der Waals surface area contributed by atoms with Crippen LogP contribution >= 0.6 is 0 Å². The number of hydrogen-bond acceptors (Lipinski definition) is 3. The minimum Gasteiger partial charge on any atom is -0.481 e. The molecule has 1 aliphatic rings. The fourth-order valence-corrected chi connectivity index (χ4v) is 3.21. The predicted molar refractivity (Wildman–Crippen MR) is 100.0 cm³/mol. The highest BCUT2D eigenvalue weighted by Crippen LogP contribution is 2.18. The number of carbonyl (C=O) groups is 3. The molecule has 3 rings (SSSR count). The summed E-state index contributed by atoms with van der Waals surface area (Å²) >= 11 is 0. The lowest BCUT2D eigenvalue weighted by atomic mass is 10.0. The van der Waals surface area contributed by atoms with Crippen molar-refractivity contribution in [3.63, 3.8) is 0 Å². The van der Waals surface area contributed by atoms with Crippen molar-refractivity contribution in [2.45, 2.75) is 31.8 Å². The van der Waals surface area contributed by atoms with Gasteiger partial charge < -0.3 is 15.3 Å². The van der Waals surface area contributed by atoms with Crippen molar-refractivity contribution in [2.75, 3.05) is 6.54 Å². The van der Waals surface area contributed by atoms with Crippen LogP contribution in [0, 0.1) is 0 Å². The van der Waals surface area contributed by atoms with Crippen LogP contribution in [-0.2, 0) is 16.1 Å². The van der Waals surface area contributed by atoms with E-state index in [1.54, 1.807) is 24.3 Å². The number of likely N-dealkylation sites (tertiary alicyclic amines) is 1. The number of rotatable bonds is 7. The van der Waals surface area contributed by atoms with E-state index in [1.807, 2.05) is 35.2 Å². The highest BCUT2D eigenvalue weighted by Gasteiger charge is 2.21. The number of carboxylic acids is 1. The normalized spacial score (nSPS) is 14.8. The summed E-state index contributed by atoms with van der Waals surface area (Å²) in [7, 11) is 0. The van der Waals surface area contributed by atoms with Gasteiger partial charge in [-0.3, -0.25) is 14.4 Å². The van der Waals surface area contributed by atoms with Crippen LogP contribution in [0.25, 0.3) is 0 Å². The summed E-state index contributed by atoms with van der Waals surface area (Å²) in [5, 5.41) is 11.9. The molecule has 2 amide bonds. The number of nitrogens with zero attached hydrogens (tertiary/aromatic N) is 1. The molecule has 2 aromatic rings. The molecular weight excluding hydrogens is 344 g/mol. The summed E-state index contributed by atoms with van der Waals surface area (Å²) in [6.45, 7) is 1.32. The second-order valence-corrected chi connectivity index (χ2v) is 6.65. The van der Waals surface area contributed by atoms with Crippen molar-refractivity contribution in [3.8, 4) is 0 Å². The van der Waals surface area contributed by atoms with Gasteiger partial charge in [0.2, 0.25) is 5.91 Å². The molecule has 0 aliphatic carbocycles. The zero-order valence-electron chi connectivity index (χ0n) is 14.9. The van der Waals surface area contributed by atoms with Gasteiger partial charge in [-0.2, -0.15) is 0 Å². The van der Waals surface area contributed by atoms with Crippen LogP contribution < -0.4 is 5.32 Å². The van der Waals surface area contributed by atoms with Crippen LogP contribution in [0.15, 0.2) is 54.6 Å². The number of hydrogen-bond donors (Lipinski definition) is 2. The maximum atomic E-state index is 12.5. The Bertz CT molecular complexity index is 818. The summed E-state index contributed by atoms with van der Waals surface area (Å²) < 4.78 is 0. The van der Waals surface area contributed by atoms with Crippen LogP contribution in [0.4, 0.5) is 0 Å². The fourth-order valence-electron chi connectivity index (χ4n) is 3.21. The average Bonchev–Trinajstić information content (AvgIpc) is 3.07. The lowest BCUT2D eigenvalue weighted by molar-refractivity contribution is -0.137. The number of benzene rings is 2. The SMILES string of the molecule is O=C(O)CC(NC(=O)c1ccc(CN2CCCC2=O)cc1)c1ccccc1. The smallest absolute Gasteiger partial charge is 0.305 e. The predicted octanol–water partition coefficient (Wildman–Crippen LogP) is 2.75. The lowest BCUT2D eigenvalue weighted by Crippen LogP contribution is -2.30. The van der Waals surface area contributed by atoms with Crippen molar-refractivity contribution in [2.24, 2.45) is 0 Å². The molecule has 2 aromatic carbocycles. The Morgan fingerprint density at radius 3 is 2.37 bits per heavy atom. The van der Waals surface area contributed by atoms with Gasteiger partial charge in [-0.1, -0.05) is 42.5 Å². The van der Waals surface area contributed by atoms with Crippen molar-refractivity contribution in [1.29, 1.82) is 0 Å². The first-order valence-corrected chi connectivity index (χ1v) is 8.97. The maximum Gasteiger partial charge on any atom is 0.305 e. The van der Waals surface area contributed by atoms with Gasteiger partial charge in [0, 0.05) is 25.1 Å². The lowest BCUT2D eigenvalue weighted by Gasteiger charge is -2.18. The third-order valence-electron chi connectivity index (χ3n) is 4.65. The largest absolute Gasteiger partial charge is 0.481 e. The Labute approximate surface area is 157 Å². The first kappa shape index (κ1) is 18.6. The van der Waals surface area contributed by atoms with E-state index in [1.165, 1.54) is 0 Å². The monoisotopic (exact) mass is 366 g/mol. The van der Waals surface area contributed by atoms with Crippen LogP contribution in [0.2, 0.25) is 0 Å². The van der Waals surface area contributed by atoms with Gasteiger partial charge in [-0.15, -0.1) is 0 Å². The Balaban J connectivity index is 1.67. The summed E-state index contributed by atoms with van der Waals surface area (Å²) in [5.74, 6) is -1.14. The Morgan fingerprint density at radius 2 is 1.78 bits per heavy atom. The summed E-state index contributed by atoms with van der Waals surface area (Å²) in [6.07, 6.45) is 1.31. The molecule has 1 unspecified atom stereocenters. The molecule has 0 aromatic heterocycles. The fraction of sp³-hybridized carbons (Fsp3) is 0.286. The van der Waals surface area contributed by atoms with E-state index in [4.69, 9.17) is 5.11 Å². The van der Waals surface area contributed by atoms with Gasteiger partial charge >= 0.3 is 5.97 Å². The summed E-state index contributed by atoms with van der Waals surface area (Å²) in [5.41, 5.74) is 2.17. The molecule has 0 spiro atoms. The van der Waals surface area contributed by atoms with E-state index < -0.39 is 12.0 Å². The minimum absolute atomic E-state index is 0.163. The van der Waals surface area contributed by atoms with Crippen molar-refractivity contribution in [1.82, 2.24) is 10.2 Å². The number of nitrogens with one attached hydrogen (secondary N) is 1. The van der Waals surface area contributed by atoms with E-state index in [9.17, 15) is 14.4 Å². The maximum absolute atomic E-state index is 12.5. The molecule has 140 valence electrons. The average molecular weight is 366 g/mol. The van der Waals surface area contributed by atoms with Gasteiger partial charge in [0.25, 0.3) is 5.91 Å². The number of amides is 2. The standard InChI is InChI=1S/C21H22N2O4/c24-19-7-4-12-23(19)14-15-8-10-17(11-9-15)21(27)22-18(13-20(25)26)16-5-2-1-3-6-16/h1-3,5-6,8-11,18H,4,7,12-14H2,(H,22,27)(H,25,26). The molecule has 1 saturated heterocycles. The van der Waals surface area contributed by atoms with Crippen molar-refractivity contribution < 1.29 is 19.5 Å². The topological polar surface area (TPSA) is 86.7 Å². The van der Waals surface area contributed by atoms with Gasteiger partial charge in [0.05, 0.1) is 12.5 Å². The van der Waals surface area contributed by atoms with Gasteiger partial charge in [-0.25, -0.2) is 0 Å². The van der Waals surface area contributed by atoms with E-state index in [-0.39, 0.29) is 18.2 Å². The molecule has 1 aliphatic heterocycles. The first-order chi connectivity index (χ1) is 13.0. The molecular formula is C21H22N2O4. The van der Waals surface area contributed by atoms with E-state index >= 15 is 0 Å². The van der Waals surface area contributed by atoms with Crippen molar-refractivity contribution >= 4 is 17.8 Å². The molecule has 1 heterocycles. The molecule has 2 N–H and O–H groups in total. The molecule has 1 atom stereocenters. The van der Waals surface area contributed by atoms with Crippen LogP contribution in [-0.4, -0.2) is 34.3 Å². The van der Waals surface area contributed by atoms with Crippen LogP contribution in [0.3, 0.4) is 0 Å². The second kappa shape index (κ2) is 8.49. The second-order valence-electron chi connectivity index (χ2n) is 6.65. The third-order valence-corrected chi connectivity index (χ3v) is 4.65. The van der Waals surface area contributed by atoms with Gasteiger partial charge in [0.1, 0.15) is 0 Å². The van der Waals surface area contributed by atoms with Gasteiger partial charge in [0.15, 0.2) is 0 Å². The molecule has 27 heavy (non-hydrogen) atoms. The molecule has 1 fully saturated rings. The van der Waals surface area contributed by atoms with Crippen LogP contribution in [0.1, 0.15) is 46.8 Å². The van der Waals surface area contributed by atoms with E-state index in [0.29, 0.717) is 18.5 Å². The Hall–Kier alpha value is -3.15. The highest BCUT2D eigenvalue weighted by atomic mass is 16.4. The minimum atomic E-state index is -0.977. The van der Waals surface area contributed by atoms with E-state index in [2.05, 4.69) is 5.32 Å². The van der Waals surface area contributed by atoms with Crippen LogP contribution in [0.5, 0.6) is 0 Å². The first-order valence-electron chi connectivity index (χ1n) is 8.97. The molecule has 0 saturated carbocycles. The summed E-state index contributed by atoms with van der Waals surface area (Å²) in [6, 6.07) is 15.5.